The highest BCUT2D eigenvalue weighted by atomic mass is 79.9. The third-order valence-corrected chi connectivity index (χ3v) is 3.42. The van der Waals surface area contributed by atoms with Crippen LogP contribution >= 0.6 is 23.5 Å². The van der Waals surface area contributed by atoms with Gasteiger partial charge in [0.25, 0.3) is 10.3 Å². The molecule has 0 amide bonds. The van der Waals surface area contributed by atoms with Crippen LogP contribution in [0.1, 0.15) is 11.1 Å². The number of rotatable bonds is 4. The van der Waals surface area contributed by atoms with Gasteiger partial charge in [0.1, 0.15) is 0 Å². The molecule has 0 heterocycles. The predicted octanol–water partition coefficient (Wildman–Crippen LogP) is -7.69. The van der Waals surface area contributed by atoms with Crippen LogP contribution in [0, 0.1) is 0 Å². The van der Waals surface area contributed by atoms with Crippen LogP contribution in [0.3, 0.4) is 0 Å². The normalized spacial score (nSPS) is 8.89. The first-order valence-corrected chi connectivity index (χ1v) is 6.64. The van der Waals surface area contributed by atoms with E-state index in [2.05, 4.69) is 6.07 Å². The van der Waals surface area contributed by atoms with Crippen molar-refractivity contribution >= 4 is 33.9 Å². The van der Waals surface area contributed by atoms with Gasteiger partial charge in [0, 0.05) is 11.5 Å². The van der Waals surface area contributed by atoms with Crippen LogP contribution in [0.2, 0.25) is 0 Å². The van der Waals surface area contributed by atoms with E-state index in [0.29, 0.717) is 10.3 Å². The standard InChI is InChI=1S/C10H14N4S2.2BrH/c11-9(12)15-5-7-2-1-3-8(4-7)6-16-10(13)14;;/h1-4H,5-6H2,(H3,11,12)(H3,13,14);2*1H. The SMILES string of the molecule is NC(=[NH2+])SCc1cccc(CSC(N)=[NH2+])c1.[Br-].[Br-]. The Kier molecular flexibility index (Phi) is 12.0. The van der Waals surface area contributed by atoms with Gasteiger partial charge in [-0.15, -0.1) is 0 Å². The molecule has 18 heavy (non-hydrogen) atoms. The lowest BCUT2D eigenvalue weighted by atomic mass is 10.2. The fraction of sp³-hybridized carbons (Fsp3) is 0.200. The molecule has 0 atom stereocenters. The summed E-state index contributed by atoms with van der Waals surface area (Å²) in [6.45, 7) is 0. The summed E-state index contributed by atoms with van der Waals surface area (Å²) in [5.41, 5.74) is 13.2. The van der Waals surface area contributed by atoms with Crippen LogP contribution in [0.5, 0.6) is 0 Å². The Morgan fingerprint density at radius 1 is 0.944 bits per heavy atom. The van der Waals surface area contributed by atoms with Crippen molar-refractivity contribution in [1.29, 1.82) is 0 Å². The minimum absolute atomic E-state index is 0. The molecule has 4 nitrogen and oxygen atoms in total. The Morgan fingerprint density at radius 2 is 1.33 bits per heavy atom. The van der Waals surface area contributed by atoms with Gasteiger partial charge in [0.15, 0.2) is 0 Å². The molecule has 0 saturated carbocycles. The molecular weight excluding hydrogens is 400 g/mol. The third-order valence-electron chi connectivity index (χ3n) is 1.80. The van der Waals surface area contributed by atoms with Crippen molar-refractivity contribution in [2.45, 2.75) is 11.5 Å². The van der Waals surface area contributed by atoms with Gasteiger partial charge in [-0.2, -0.15) is 0 Å². The number of halogens is 2. The van der Waals surface area contributed by atoms with Crippen LogP contribution in [-0.4, -0.2) is 10.3 Å². The predicted molar refractivity (Wildman–Crippen MR) is 71.3 cm³/mol. The molecule has 102 valence electrons. The maximum atomic E-state index is 5.39. The van der Waals surface area contributed by atoms with Crippen LogP contribution < -0.4 is 56.2 Å². The highest BCUT2D eigenvalue weighted by molar-refractivity contribution is 8.13. The summed E-state index contributed by atoms with van der Waals surface area (Å²) in [6, 6.07) is 8.19. The van der Waals surface area contributed by atoms with Crippen molar-refractivity contribution in [2.75, 3.05) is 0 Å². The molecule has 0 aromatic heterocycles. The van der Waals surface area contributed by atoms with Crippen molar-refractivity contribution in [3.05, 3.63) is 35.4 Å². The molecule has 1 rings (SSSR count). The molecule has 0 bridgehead atoms. The zero-order chi connectivity index (χ0) is 12.0. The average Bonchev–Trinajstić information content (AvgIpc) is 2.24. The summed E-state index contributed by atoms with van der Waals surface area (Å²) in [5, 5.41) is 11.6. The van der Waals surface area contributed by atoms with E-state index in [-0.39, 0.29) is 34.0 Å². The van der Waals surface area contributed by atoms with E-state index in [0.717, 1.165) is 11.5 Å². The zero-order valence-corrected chi connectivity index (χ0v) is 14.4. The largest absolute Gasteiger partial charge is 1.00 e. The minimum Gasteiger partial charge on any atom is -1.00 e. The molecule has 8 heteroatoms. The third kappa shape index (κ3) is 8.84. The smallest absolute Gasteiger partial charge is 0.300 e. The zero-order valence-electron chi connectivity index (χ0n) is 9.61. The van der Waals surface area contributed by atoms with Crippen molar-refractivity contribution in [1.82, 2.24) is 0 Å². The van der Waals surface area contributed by atoms with Crippen LogP contribution in [0.25, 0.3) is 0 Å². The van der Waals surface area contributed by atoms with E-state index >= 15 is 0 Å². The summed E-state index contributed by atoms with van der Waals surface area (Å²) in [6.07, 6.45) is 0. The lowest BCUT2D eigenvalue weighted by molar-refractivity contribution is -0.110. The monoisotopic (exact) mass is 414 g/mol. The molecule has 0 aliphatic heterocycles. The Balaban J connectivity index is 0. The number of hydrogen-bond donors (Lipinski definition) is 4. The van der Waals surface area contributed by atoms with Gasteiger partial charge in [0.2, 0.25) is 0 Å². The summed E-state index contributed by atoms with van der Waals surface area (Å²) in [5.74, 6) is 1.56. The first kappa shape index (κ1) is 20.1. The number of benzene rings is 1. The average molecular weight is 416 g/mol. The van der Waals surface area contributed by atoms with Crippen LogP contribution in [0.4, 0.5) is 0 Å². The quantitative estimate of drug-likeness (QED) is 0.289. The molecular formula is C10H16Br2N4S2. The van der Waals surface area contributed by atoms with Crippen molar-refractivity contribution in [3.63, 3.8) is 0 Å². The Morgan fingerprint density at radius 3 is 1.67 bits per heavy atom. The molecule has 0 spiro atoms. The topological polar surface area (TPSA) is 103 Å². The maximum Gasteiger partial charge on any atom is 0.300 e. The Labute approximate surface area is 136 Å². The molecule has 1 aromatic carbocycles. The second-order valence-electron chi connectivity index (χ2n) is 3.20. The van der Waals surface area contributed by atoms with Gasteiger partial charge < -0.3 is 34.0 Å². The molecule has 8 N–H and O–H groups in total. The van der Waals surface area contributed by atoms with Gasteiger partial charge in [-0.25, -0.2) is 0 Å². The van der Waals surface area contributed by atoms with Crippen LogP contribution in [0.15, 0.2) is 24.3 Å². The molecule has 1 aromatic rings. The van der Waals surface area contributed by atoms with E-state index in [9.17, 15) is 0 Å². The van der Waals surface area contributed by atoms with E-state index in [1.807, 2.05) is 18.2 Å². The first-order chi connectivity index (χ1) is 7.58. The van der Waals surface area contributed by atoms with E-state index < -0.39 is 0 Å². The Bertz CT molecular complexity index is 368. The number of amidine groups is 2. The molecule has 0 radical (unpaired) electrons. The van der Waals surface area contributed by atoms with Gasteiger partial charge >= 0.3 is 0 Å². The Hall–Kier alpha value is -0.180. The van der Waals surface area contributed by atoms with E-state index in [1.165, 1.54) is 34.7 Å². The fourth-order valence-electron chi connectivity index (χ4n) is 1.14. The van der Waals surface area contributed by atoms with Gasteiger partial charge in [0.05, 0.1) is 0 Å². The first-order valence-electron chi connectivity index (χ1n) is 4.67. The lowest BCUT2D eigenvalue weighted by Gasteiger charge is -2.02. The number of hydrogen-bond acceptors (Lipinski definition) is 2. The highest BCUT2D eigenvalue weighted by Gasteiger charge is 2.02. The van der Waals surface area contributed by atoms with Gasteiger partial charge in [-0.3, -0.25) is 22.3 Å². The van der Waals surface area contributed by atoms with Gasteiger partial charge in [-0.1, -0.05) is 24.3 Å². The molecule has 0 aliphatic carbocycles. The summed E-state index contributed by atoms with van der Waals surface area (Å²) < 4.78 is 0. The summed E-state index contributed by atoms with van der Waals surface area (Å²) in [7, 11) is 0. The fourth-order valence-corrected chi connectivity index (χ4v) is 2.17. The minimum atomic E-state index is 0. The van der Waals surface area contributed by atoms with Crippen LogP contribution in [-0.2, 0) is 11.5 Å². The molecule has 0 fully saturated rings. The van der Waals surface area contributed by atoms with E-state index in [1.54, 1.807) is 0 Å². The second-order valence-corrected chi connectivity index (χ2v) is 5.30. The van der Waals surface area contributed by atoms with E-state index in [4.69, 9.17) is 22.3 Å². The molecule has 0 unspecified atom stereocenters. The second kappa shape index (κ2) is 10.7. The summed E-state index contributed by atoms with van der Waals surface area (Å²) >= 11 is 2.86. The van der Waals surface area contributed by atoms with Crippen molar-refractivity contribution < 1.29 is 44.8 Å². The summed E-state index contributed by atoms with van der Waals surface area (Å²) in [4.78, 5) is 0. The molecule has 0 saturated heterocycles. The maximum absolute atomic E-state index is 5.39. The van der Waals surface area contributed by atoms with Crippen molar-refractivity contribution in [2.24, 2.45) is 11.5 Å². The molecule has 0 aliphatic rings. The van der Waals surface area contributed by atoms with Crippen molar-refractivity contribution in [3.8, 4) is 0 Å². The van der Waals surface area contributed by atoms with Gasteiger partial charge in [-0.05, 0) is 34.7 Å². The lowest BCUT2D eigenvalue weighted by Crippen LogP contribution is -3.00. The number of nitrogens with two attached hydrogens (primary N) is 4. The number of thioether (sulfide) groups is 2. The highest BCUT2D eigenvalue weighted by Crippen LogP contribution is 2.16.